The first kappa shape index (κ1) is 16.5. The second-order valence-corrected chi connectivity index (χ2v) is 6.71. The zero-order chi connectivity index (χ0) is 16.2. The van der Waals surface area contributed by atoms with Gasteiger partial charge in [-0.05, 0) is 51.2 Å². The van der Waals surface area contributed by atoms with Gasteiger partial charge in [0, 0.05) is 11.5 Å². The smallest absolute Gasteiger partial charge is 0.331 e. The van der Waals surface area contributed by atoms with Crippen LogP contribution in [0.15, 0.2) is 58.7 Å². The van der Waals surface area contributed by atoms with E-state index in [1.54, 1.807) is 6.08 Å². The van der Waals surface area contributed by atoms with E-state index in [9.17, 15) is 4.79 Å². The molecular weight excluding hydrogens is 272 g/mol. The number of fused-ring (bicyclic) bond motifs is 1. The van der Waals surface area contributed by atoms with Crippen LogP contribution in [0.25, 0.3) is 0 Å². The molecule has 2 rings (SSSR count). The van der Waals surface area contributed by atoms with Gasteiger partial charge in [0.25, 0.3) is 0 Å². The van der Waals surface area contributed by atoms with Crippen molar-refractivity contribution in [3.63, 3.8) is 0 Å². The molecule has 0 bridgehead atoms. The third-order valence-electron chi connectivity index (χ3n) is 4.50. The van der Waals surface area contributed by atoms with E-state index in [2.05, 4.69) is 39.0 Å². The first-order valence-corrected chi connectivity index (χ1v) is 7.99. The summed E-state index contributed by atoms with van der Waals surface area (Å²) in [4.78, 5) is 12.0. The van der Waals surface area contributed by atoms with Crippen LogP contribution in [-0.2, 0) is 9.53 Å². The van der Waals surface area contributed by atoms with Crippen LogP contribution in [-0.4, -0.2) is 12.6 Å². The van der Waals surface area contributed by atoms with Gasteiger partial charge in [0.2, 0.25) is 0 Å². The Kier molecular flexibility index (Phi) is 5.23. The number of allylic oxidation sites excluding steroid dienone is 8. The Morgan fingerprint density at radius 2 is 1.86 bits per heavy atom. The number of carbonyl (C=O) groups is 1. The van der Waals surface area contributed by atoms with Crippen molar-refractivity contribution in [2.45, 2.75) is 47.0 Å². The molecule has 0 aromatic heterocycles. The quantitative estimate of drug-likeness (QED) is 0.585. The largest absolute Gasteiger partial charge is 0.462 e. The Morgan fingerprint density at radius 3 is 2.64 bits per heavy atom. The van der Waals surface area contributed by atoms with E-state index in [1.165, 1.54) is 16.7 Å². The monoisotopic (exact) mass is 298 g/mol. The van der Waals surface area contributed by atoms with Crippen molar-refractivity contribution in [1.82, 2.24) is 0 Å². The standard InChI is InChI=1S/C20H26O2/c1-15-7-5-8-16(2)13-19(21)22-14-20(4)12-6-9-17(3)18(20)11-10-15/h5,7-8,10-11,13H,6,9,12,14H2,1-4H3/b8-5-,11-10-,15-7-,16-13-. The van der Waals surface area contributed by atoms with Crippen molar-refractivity contribution in [2.24, 2.45) is 5.41 Å². The molecule has 2 nitrogen and oxygen atoms in total. The number of hydrogen-bond donors (Lipinski definition) is 0. The van der Waals surface area contributed by atoms with E-state index in [0.717, 1.165) is 24.8 Å². The number of ether oxygens (including phenoxy) is 1. The third kappa shape index (κ3) is 4.09. The normalized spacial score (nSPS) is 34.6. The molecule has 1 heterocycles. The fourth-order valence-corrected chi connectivity index (χ4v) is 3.15. The van der Waals surface area contributed by atoms with Crippen LogP contribution in [0.4, 0.5) is 0 Å². The van der Waals surface area contributed by atoms with Crippen LogP contribution in [0, 0.1) is 5.41 Å². The summed E-state index contributed by atoms with van der Waals surface area (Å²) in [6.07, 6.45) is 15.2. The highest BCUT2D eigenvalue weighted by Crippen LogP contribution is 2.41. The molecule has 0 saturated carbocycles. The van der Waals surface area contributed by atoms with Gasteiger partial charge in [0.15, 0.2) is 0 Å². The number of hydrogen-bond acceptors (Lipinski definition) is 2. The summed E-state index contributed by atoms with van der Waals surface area (Å²) >= 11 is 0. The van der Waals surface area contributed by atoms with E-state index in [4.69, 9.17) is 4.74 Å². The lowest BCUT2D eigenvalue weighted by Gasteiger charge is -2.36. The summed E-state index contributed by atoms with van der Waals surface area (Å²) in [5, 5.41) is 0. The Hall–Kier alpha value is -1.83. The summed E-state index contributed by atoms with van der Waals surface area (Å²) in [5.74, 6) is -0.255. The second kappa shape index (κ2) is 6.95. The molecule has 0 saturated heterocycles. The van der Waals surface area contributed by atoms with Crippen molar-refractivity contribution >= 4 is 5.97 Å². The topological polar surface area (TPSA) is 26.3 Å². The molecule has 2 aliphatic rings. The van der Waals surface area contributed by atoms with Gasteiger partial charge >= 0.3 is 5.97 Å². The predicted molar refractivity (Wildman–Crippen MR) is 91.4 cm³/mol. The molecule has 0 spiro atoms. The van der Waals surface area contributed by atoms with Gasteiger partial charge in [-0.2, -0.15) is 0 Å². The van der Waals surface area contributed by atoms with E-state index < -0.39 is 0 Å². The fraction of sp³-hybridized carbons (Fsp3) is 0.450. The van der Waals surface area contributed by atoms with Crippen molar-refractivity contribution in [1.29, 1.82) is 0 Å². The molecule has 0 aromatic rings. The number of carbonyl (C=O) groups excluding carboxylic acids is 1. The summed E-state index contributed by atoms with van der Waals surface area (Å²) in [5.41, 5.74) is 4.74. The molecule has 0 radical (unpaired) electrons. The molecule has 22 heavy (non-hydrogen) atoms. The molecule has 1 unspecified atom stereocenters. The van der Waals surface area contributed by atoms with Crippen LogP contribution in [0.3, 0.4) is 0 Å². The van der Waals surface area contributed by atoms with E-state index >= 15 is 0 Å². The van der Waals surface area contributed by atoms with Gasteiger partial charge in [-0.3, -0.25) is 0 Å². The lowest BCUT2D eigenvalue weighted by molar-refractivity contribution is -0.140. The maximum Gasteiger partial charge on any atom is 0.331 e. The Morgan fingerprint density at radius 1 is 1.09 bits per heavy atom. The number of rotatable bonds is 0. The predicted octanol–water partition coefficient (Wildman–Crippen LogP) is 5.05. The number of cyclic esters (lactones) is 1. The van der Waals surface area contributed by atoms with Gasteiger partial charge in [-0.25, -0.2) is 4.79 Å². The molecule has 0 fully saturated rings. The third-order valence-corrected chi connectivity index (χ3v) is 4.50. The van der Waals surface area contributed by atoms with Gasteiger partial charge in [0.1, 0.15) is 6.61 Å². The molecule has 118 valence electrons. The lowest BCUT2D eigenvalue weighted by atomic mass is 9.71. The Balaban J connectivity index is 2.42. The van der Waals surface area contributed by atoms with Crippen molar-refractivity contribution in [3.05, 3.63) is 58.7 Å². The summed E-state index contributed by atoms with van der Waals surface area (Å²) in [6.45, 7) is 8.85. The lowest BCUT2D eigenvalue weighted by Crippen LogP contribution is -2.30. The highest BCUT2D eigenvalue weighted by atomic mass is 16.5. The van der Waals surface area contributed by atoms with Gasteiger partial charge < -0.3 is 4.74 Å². The van der Waals surface area contributed by atoms with Gasteiger partial charge in [-0.15, -0.1) is 0 Å². The summed E-state index contributed by atoms with van der Waals surface area (Å²) in [7, 11) is 0. The van der Waals surface area contributed by atoms with Crippen molar-refractivity contribution in [3.8, 4) is 0 Å². The zero-order valence-electron chi connectivity index (χ0n) is 14.1. The number of esters is 1. The van der Waals surface area contributed by atoms with Gasteiger partial charge in [-0.1, -0.05) is 48.5 Å². The minimum Gasteiger partial charge on any atom is -0.462 e. The highest BCUT2D eigenvalue weighted by molar-refractivity contribution is 5.83. The van der Waals surface area contributed by atoms with Crippen LogP contribution in [0.2, 0.25) is 0 Å². The maximum absolute atomic E-state index is 12.0. The van der Waals surface area contributed by atoms with Crippen LogP contribution >= 0.6 is 0 Å². The summed E-state index contributed by atoms with van der Waals surface area (Å²) < 4.78 is 5.54. The molecule has 2 heteroatoms. The SMILES string of the molecule is CC1=C2\C=C/C(C)=C\C=C/C(C)=C\C(=O)OCC2(C)CCC1. The molecule has 1 aliphatic carbocycles. The first-order valence-electron chi connectivity index (χ1n) is 7.99. The Bertz CT molecular complexity index is 599. The fourth-order valence-electron chi connectivity index (χ4n) is 3.15. The first-order chi connectivity index (χ1) is 10.4. The molecule has 0 N–H and O–H groups in total. The van der Waals surface area contributed by atoms with Crippen LogP contribution in [0.5, 0.6) is 0 Å². The van der Waals surface area contributed by atoms with Crippen LogP contribution in [0.1, 0.15) is 47.0 Å². The minimum absolute atomic E-state index is 0.0853. The summed E-state index contributed by atoms with van der Waals surface area (Å²) in [6, 6.07) is 0. The molecule has 0 aromatic carbocycles. The molecule has 1 atom stereocenters. The van der Waals surface area contributed by atoms with Crippen LogP contribution < -0.4 is 0 Å². The zero-order valence-corrected chi connectivity index (χ0v) is 14.1. The maximum atomic E-state index is 12.0. The molecule has 0 amide bonds. The van der Waals surface area contributed by atoms with E-state index in [1.807, 2.05) is 19.1 Å². The van der Waals surface area contributed by atoms with Crippen molar-refractivity contribution in [2.75, 3.05) is 6.61 Å². The van der Waals surface area contributed by atoms with Crippen molar-refractivity contribution < 1.29 is 9.53 Å². The second-order valence-electron chi connectivity index (χ2n) is 6.71. The van der Waals surface area contributed by atoms with Gasteiger partial charge in [0.05, 0.1) is 0 Å². The molecule has 1 aliphatic heterocycles. The average molecular weight is 298 g/mol. The minimum atomic E-state index is -0.255. The highest BCUT2D eigenvalue weighted by Gasteiger charge is 2.33. The molecular formula is C20H26O2. The Labute approximate surface area is 133 Å². The van der Waals surface area contributed by atoms with E-state index in [-0.39, 0.29) is 11.4 Å². The van der Waals surface area contributed by atoms with E-state index in [0.29, 0.717) is 6.61 Å². The average Bonchev–Trinajstić information content (AvgIpc) is 2.44.